The number of nitrogens with two attached hydrogens (primary N) is 2. The number of hydrogen-bond acceptors (Lipinski definition) is 3. The van der Waals surface area contributed by atoms with Crippen LogP contribution in [-0.4, -0.2) is 24.7 Å². The van der Waals surface area contributed by atoms with Crippen LogP contribution in [-0.2, 0) is 9.53 Å². The summed E-state index contributed by atoms with van der Waals surface area (Å²) < 4.78 is 5.64. The molecule has 4 N–H and O–H groups in total. The molecule has 0 bridgehead atoms. The Balaban J connectivity index is 2.02. The van der Waals surface area contributed by atoms with Gasteiger partial charge in [-0.2, -0.15) is 0 Å². The number of hydrogen-bond donors (Lipinski definition) is 2. The Morgan fingerprint density at radius 1 is 1.35 bits per heavy atom. The first-order valence-corrected chi connectivity index (χ1v) is 6.69. The van der Waals surface area contributed by atoms with Crippen molar-refractivity contribution >= 4 is 5.91 Å². The van der Waals surface area contributed by atoms with Crippen LogP contribution in [0.2, 0.25) is 0 Å². The minimum absolute atomic E-state index is 0.440. The van der Waals surface area contributed by atoms with Crippen LogP contribution in [0.1, 0.15) is 51.9 Å². The van der Waals surface area contributed by atoms with Crippen molar-refractivity contribution in [1.82, 2.24) is 0 Å². The SMILES string of the molecule is CC(N)(CCCOCC1CCCCC1)C(N)=O. The normalized spacial score (nSPS) is 21.1. The number of carbonyl (C=O) groups is 1. The fourth-order valence-electron chi connectivity index (χ4n) is 2.27. The smallest absolute Gasteiger partial charge is 0.237 e. The Bertz CT molecular complexity index is 236. The van der Waals surface area contributed by atoms with Gasteiger partial charge in [0.25, 0.3) is 0 Å². The summed E-state index contributed by atoms with van der Waals surface area (Å²) >= 11 is 0. The molecule has 4 nitrogen and oxygen atoms in total. The van der Waals surface area contributed by atoms with Crippen molar-refractivity contribution in [3.05, 3.63) is 0 Å². The molecule has 0 saturated heterocycles. The maximum absolute atomic E-state index is 11.0. The van der Waals surface area contributed by atoms with Crippen molar-refractivity contribution in [2.75, 3.05) is 13.2 Å². The standard InChI is InChI=1S/C13H26N2O2/c1-13(15,12(14)16)8-5-9-17-10-11-6-3-2-4-7-11/h11H,2-10,15H2,1H3,(H2,14,16). The lowest BCUT2D eigenvalue weighted by molar-refractivity contribution is -0.122. The van der Waals surface area contributed by atoms with E-state index < -0.39 is 11.4 Å². The maximum atomic E-state index is 11.0. The fraction of sp³-hybridized carbons (Fsp3) is 0.923. The molecular formula is C13H26N2O2. The van der Waals surface area contributed by atoms with E-state index in [1.807, 2.05) is 0 Å². The average molecular weight is 242 g/mol. The summed E-state index contributed by atoms with van der Waals surface area (Å²) in [6.07, 6.45) is 8.05. The zero-order chi connectivity index (χ0) is 12.7. The lowest BCUT2D eigenvalue weighted by Gasteiger charge is -2.22. The number of carbonyl (C=O) groups excluding carboxylic acids is 1. The first-order valence-electron chi connectivity index (χ1n) is 6.69. The van der Waals surface area contributed by atoms with E-state index in [4.69, 9.17) is 16.2 Å². The zero-order valence-electron chi connectivity index (χ0n) is 10.9. The first kappa shape index (κ1) is 14.5. The Kier molecular flexibility index (Phi) is 5.92. The third-order valence-electron chi connectivity index (χ3n) is 3.63. The molecule has 1 rings (SSSR count). The molecule has 1 aliphatic carbocycles. The lowest BCUT2D eigenvalue weighted by Crippen LogP contribution is -2.49. The molecule has 1 saturated carbocycles. The van der Waals surface area contributed by atoms with E-state index in [9.17, 15) is 4.79 Å². The lowest BCUT2D eigenvalue weighted by atomic mass is 9.90. The van der Waals surface area contributed by atoms with E-state index >= 15 is 0 Å². The molecule has 0 aliphatic heterocycles. The molecule has 1 fully saturated rings. The van der Waals surface area contributed by atoms with Gasteiger partial charge in [-0.3, -0.25) is 4.79 Å². The number of primary amides is 1. The summed E-state index contributed by atoms with van der Waals surface area (Å²) in [5.41, 5.74) is 10.1. The quantitative estimate of drug-likeness (QED) is 0.665. The van der Waals surface area contributed by atoms with Crippen LogP contribution in [0.15, 0.2) is 0 Å². The van der Waals surface area contributed by atoms with E-state index in [1.54, 1.807) is 6.92 Å². The molecule has 0 radical (unpaired) electrons. The molecule has 0 aromatic carbocycles. The van der Waals surface area contributed by atoms with E-state index in [-0.39, 0.29) is 0 Å². The van der Waals surface area contributed by atoms with Crippen LogP contribution < -0.4 is 11.5 Å². The molecule has 0 aromatic heterocycles. The molecule has 0 heterocycles. The third kappa shape index (κ3) is 5.50. The van der Waals surface area contributed by atoms with Gasteiger partial charge in [0.1, 0.15) is 0 Å². The summed E-state index contributed by atoms with van der Waals surface area (Å²) in [4.78, 5) is 11.0. The Labute approximate surface area is 104 Å². The van der Waals surface area contributed by atoms with Gasteiger partial charge in [-0.15, -0.1) is 0 Å². The highest BCUT2D eigenvalue weighted by molar-refractivity contribution is 5.83. The summed E-state index contributed by atoms with van der Waals surface area (Å²) in [5.74, 6) is 0.300. The summed E-state index contributed by atoms with van der Waals surface area (Å²) in [6.45, 7) is 3.21. The van der Waals surface area contributed by atoms with Gasteiger partial charge < -0.3 is 16.2 Å². The highest BCUT2D eigenvalue weighted by Crippen LogP contribution is 2.23. The molecule has 17 heavy (non-hydrogen) atoms. The van der Waals surface area contributed by atoms with Gasteiger partial charge in [0, 0.05) is 13.2 Å². The minimum atomic E-state index is -0.895. The molecule has 4 heteroatoms. The number of amides is 1. The van der Waals surface area contributed by atoms with Crippen molar-refractivity contribution in [2.45, 2.75) is 57.4 Å². The molecule has 0 spiro atoms. The highest BCUT2D eigenvalue weighted by Gasteiger charge is 2.24. The summed E-state index contributed by atoms with van der Waals surface area (Å²) in [5, 5.41) is 0. The van der Waals surface area contributed by atoms with Gasteiger partial charge in [-0.05, 0) is 38.5 Å². The Morgan fingerprint density at radius 2 is 2.00 bits per heavy atom. The molecule has 100 valence electrons. The number of rotatable bonds is 7. The second-order valence-corrected chi connectivity index (χ2v) is 5.46. The van der Waals surface area contributed by atoms with Gasteiger partial charge in [0.05, 0.1) is 5.54 Å². The Morgan fingerprint density at radius 3 is 2.59 bits per heavy atom. The van der Waals surface area contributed by atoms with E-state index in [2.05, 4.69) is 0 Å². The van der Waals surface area contributed by atoms with Gasteiger partial charge in [-0.1, -0.05) is 19.3 Å². The molecular weight excluding hydrogens is 216 g/mol. The van der Waals surface area contributed by atoms with Crippen molar-refractivity contribution in [1.29, 1.82) is 0 Å². The zero-order valence-corrected chi connectivity index (χ0v) is 10.9. The average Bonchev–Trinajstić information content (AvgIpc) is 2.29. The third-order valence-corrected chi connectivity index (χ3v) is 3.63. The van der Waals surface area contributed by atoms with Crippen molar-refractivity contribution < 1.29 is 9.53 Å². The van der Waals surface area contributed by atoms with Crippen LogP contribution in [0.4, 0.5) is 0 Å². The van der Waals surface area contributed by atoms with E-state index in [0.717, 1.165) is 18.9 Å². The second-order valence-electron chi connectivity index (χ2n) is 5.46. The molecule has 1 unspecified atom stereocenters. The van der Waals surface area contributed by atoms with Gasteiger partial charge in [-0.25, -0.2) is 0 Å². The van der Waals surface area contributed by atoms with Crippen molar-refractivity contribution in [3.63, 3.8) is 0 Å². The largest absolute Gasteiger partial charge is 0.381 e. The summed E-state index contributed by atoms with van der Waals surface area (Å²) in [7, 11) is 0. The van der Waals surface area contributed by atoms with Gasteiger partial charge in [0.15, 0.2) is 0 Å². The van der Waals surface area contributed by atoms with E-state index in [1.165, 1.54) is 32.1 Å². The first-order chi connectivity index (χ1) is 8.02. The van der Waals surface area contributed by atoms with Crippen LogP contribution in [0.5, 0.6) is 0 Å². The predicted octanol–water partition coefficient (Wildman–Crippen LogP) is 1.57. The predicted molar refractivity (Wildman–Crippen MR) is 68.4 cm³/mol. The highest BCUT2D eigenvalue weighted by atomic mass is 16.5. The van der Waals surface area contributed by atoms with Crippen LogP contribution >= 0.6 is 0 Å². The second kappa shape index (κ2) is 6.97. The van der Waals surface area contributed by atoms with E-state index in [0.29, 0.717) is 13.0 Å². The molecule has 1 amide bonds. The fourth-order valence-corrected chi connectivity index (χ4v) is 2.27. The summed E-state index contributed by atoms with van der Waals surface area (Å²) in [6, 6.07) is 0. The van der Waals surface area contributed by atoms with Crippen molar-refractivity contribution in [2.24, 2.45) is 17.4 Å². The molecule has 1 atom stereocenters. The van der Waals surface area contributed by atoms with Crippen molar-refractivity contribution in [3.8, 4) is 0 Å². The van der Waals surface area contributed by atoms with Gasteiger partial charge >= 0.3 is 0 Å². The molecule has 1 aliphatic rings. The molecule has 0 aromatic rings. The van der Waals surface area contributed by atoms with Crippen LogP contribution in [0.3, 0.4) is 0 Å². The minimum Gasteiger partial charge on any atom is -0.381 e. The van der Waals surface area contributed by atoms with Crippen LogP contribution in [0, 0.1) is 5.92 Å². The topological polar surface area (TPSA) is 78.3 Å². The monoisotopic (exact) mass is 242 g/mol. The maximum Gasteiger partial charge on any atom is 0.237 e. The Hall–Kier alpha value is -0.610. The van der Waals surface area contributed by atoms with Crippen LogP contribution in [0.25, 0.3) is 0 Å². The van der Waals surface area contributed by atoms with Gasteiger partial charge in [0.2, 0.25) is 5.91 Å². The number of ether oxygens (including phenoxy) is 1.